The summed E-state index contributed by atoms with van der Waals surface area (Å²) in [6.07, 6.45) is 7.41. The van der Waals surface area contributed by atoms with E-state index in [9.17, 15) is 4.79 Å². The van der Waals surface area contributed by atoms with Crippen LogP contribution >= 0.6 is 0 Å². The Morgan fingerprint density at radius 3 is 2.70 bits per heavy atom. The van der Waals surface area contributed by atoms with Crippen molar-refractivity contribution in [1.29, 1.82) is 0 Å². The first-order valence-electron chi connectivity index (χ1n) is 8.71. The molecule has 2 aromatic heterocycles. The van der Waals surface area contributed by atoms with E-state index < -0.39 is 0 Å². The molecular formula is C18H26N4O. The number of rotatable bonds is 4. The summed E-state index contributed by atoms with van der Waals surface area (Å²) >= 11 is 0. The van der Waals surface area contributed by atoms with Crippen LogP contribution in [0.5, 0.6) is 0 Å². The van der Waals surface area contributed by atoms with Gasteiger partial charge in [0.1, 0.15) is 11.3 Å². The number of carbonyl (C=O) groups excluding carboxylic acids is 1. The van der Waals surface area contributed by atoms with Crippen molar-refractivity contribution in [3.8, 4) is 0 Å². The van der Waals surface area contributed by atoms with Gasteiger partial charge >= 0.3 is 0 Å². The Bertz CT molecular complexity index is 685. The molecule has 1 aliphatic rings. The van der Waals surface area contributed by atoms with Gasteiger partial charge in [-0.2, -0.15) is 0 Å². The molecule has 1 atom stereocenters. The van der Waals surface area contributed by atoms with Gasteiger partial charge in [-0.1, -0.05) is 19.3 Å². The molecule has 23 heavy (non-hydrogen) atoms. The van der Waals surface area contributed by atoms with Gasteiger partial charge in [0.05, 0.1) is 6.04 Å². The lowest BCUT2D eigenvalue weighted by Crippen LogP contribution is -2.35. The highest BCUT2D eigenvalue weighted by Gasteiger charge is 2.25. The van der Waals surface area contributed by atoms with Crippen molar-refractivity contribution < 1.29 is 4.79 Å². The second-order valence-electron chi connectivity index (χ2n) is 6.85. The first-order valence-corrected chi connectivity index (χ1v) is 8.71. The third-order valence-electron chi connectivity index (χ3n) is 4.71. The van der Waals surface area contributed by atoms with Crippen molar-refractivity contribution in [2.75, 3.05) is 0 Å². The fourth-order valence-corrected chi connectivity index (χ4v) is 3.52. The van der Waals surface area contributed by atoms with E-state index in [2.05, 4.69) is 28.7 Å². The van der Waals surface area contributed by atoms with E-state index in [1.165, 1.54) is 19.3 Å². The topological polar surface area (TPSA) is 59.8 Å². The highest BCUT2D eigenvalue weighted by Crippen LogP contribution is 2.26. The number of hydrogen-bond donors (Lipinski definition) is 1. The normalized spacial score (nSPS) is 17.6. The fourth-order valence-electron chi connectivity index (χ4n) is 3.52. The molecule has 1 unspecified atom stereocenters. The van der Waals surface area contributed by atoms with E-state index >= 15 is 0 Å². The van der Waals surface area contributed by atoms with E-state index in [0.29, 0.717) is 0 Å². The SMILES string of the molecule is CC(NC(=O)C1CCCCC1)c1nc2cccnc2n1C(C)C. The largest absolute Gasteiger partial charge is 0.346 e. The van der Waals surface area contributed by atoms with Gasteiger partial charge in [0, 0.05) is 18.2 Å². The predicted octanol–water partition coefficient (Wildman–Crippen LogP) is 3.77. The molecule has 1 saturated carbocycles. The lowest BCUT2D eigenvalue weighted by molar-refractivity contribution is -0.126. The van der Waals surface area contributed by atoms with Crippen LogP contribution in [0.4, 0.5) is 0 Å². The van der Waals surface area contributed by atoms with Crippen LogP contribution in [0.2, 0.25) is 0 Å². The van der Waals surface area contributed by atoms with Crippen LogP contribution in [0.3, 0.4) is 0 Å². The average molecular weight is 314 g/mol. The molecule has 124 valence electrons. The molecule has 1 N–H and O–H groups in total. The zero-order chi connectivity index (χ0) is 16.4. The zero-order valence-corrected chi connectivity index (χ0v) is 14.2. The Kier molecular flexibility index (Phi) is 4.64. The predicted molar refractivity (Wildman–Crippen MR) is 91.0 cm³/mol. The number of nitrogens with one attached hydrogen (secondary N) is 1. The van der Waals surface area contributed by atoms with Crippen LogP contribution in [-0.4, -0.2) is 20.4 Å². The van der Waals surface area contributed by atoms with Crippen molar-refractivity contribution in [1.82, 2.24) is 19.9 Å². The quantitative estimate of drug-likeness (QED) is 0.934. The number of hydrogen-bond acceptors (Lipinski definition) is 3. The molecule has 0 aromatic carbocycles. The Balaban J connectivity index is 1.84. The van der Waals surface area contributed by atoms with Crippen LogP contribution in [0.1, 0.15) is 70.8 Å². The van der Waals surface area contributed by atoms with Gasteiger partial charge in [-0.05, 0) is 45.7 Å². The molecule has 5 nitrogen and oxygen atoms in total. The highest BCUT2D eigenvalue weighted by molar-refractivity contribution is 5.79. The average Bonchev–Trinajstić information content (AvgIpc) is 2.95. The second kappa shape index (κ2) is 6.69. The van der Waals surface area contributed by atoms with Crippen molar-refractivity contribution in [2.24, 2.45) is 5.92 Å². The van der Waals surface area contributed by atoms with E-state index in [-0.39, 0.29) is 23.9 Å². The summed E-state index contributed by atoms with van der Waals surface area (Å²) in [5, 5.41) is 3.17. The minimum absolute atomic E-state index is 0.110. The molecule has 0 aliphatic heterocycles. The summed E-state index contributed by atoms with van der Waals surface area (Å²) in [4.78, 5) is 21.7. The number of pyridine rings is 1. The van der Waals surface area contributed by atoms with Crippen LogP contribution in [0, 0.1) is 5.92 Å². The number of carbonyl (C=O) groups is 1. The number of nitrogens with zero attached hydrogens (tertiary/aromatic N) is 3. The number of amides is 1. The van der Waals surface area contributed by atoms with Gasteiger partial charge in [-0.3, -0.25) is 4.79 Å². The van der Waals surface area contributed by atoms with Crippen LogP contribution < -0.4 is 5.32 Å². The minimum Gasteiger partial charge on any atom is -0.346 e. The summed E-state index contributed by atoms with van der Waals surface area (Å²) in [6.45, 7) is 6.25. The van der Waals surface area contributed by atoms with Crippen molar-refractivity contribution in [3.63, 3.8) is 0 Å². The number of imidazole rings is 1. The second-order valence-corrected chi connectivity index (χ2v) is 6.85. The van der Waals surface area contributed by atoms with Crippen LogP contribution in [-0.2, 0) is 4.79 Å². The third-order valence-corrected chi connectivity index (χ3v) is 4.71. The summed E-state index contributed by atoms with van der Waals surface area (Å²) in [7, 11) is 0. The summed E-state index contributed by atoms with van der Waals surface area (Å²) in [5.74, 6) is 1.23. The van der Waals surface area contributed by atoms with E-state index in [4.69, 9.17) is 4.98 Å². The van der Waals surface area contributed by atoms with Gasteiger partial charge in [0.2, 0.25) is 5.91 Å². The molecule has 0 spiro atoms. The minimum atomic E-state index is -0.110. The molecule has 1 aliphatic carbocycles. The van der Waals surface area contributed by atoms with Crippen molar-refractivity contribution in [2.45, 2.75) is 65.0 Å². The molecule has 1 amide bonds. The number of fused-ring (bicyclic) bond motifs is 1. The van der Waals surface area contributed by atoms with Gasteiger partial charge in [0.25, 0.3) is 0 Å². The van der Waals surface area contributed by atoms with Gasteiger partial charge in [-0.15, -0.1) is 0 Å². The van der Waals surface area contributed by atoms with Crippen LogP contribution in [0.25, 0.3) is 11.2 Å². The molecule has 1 fully saturated rings. The van der Waals surface area contributed by atoms with E-state index in [1.807, 2.05) is 19.1 Å². The van der Waals surface area contributed by atoms with Gasteiger partial charge in [0.15, 0.2) is 5.65 Å². The summed E-state index contributed by atoms with van der Waals surface area (Å²) in [5.41, 5.74) is 1.77. The third kappa shape index (κ3) is 3.23. The van der Waals surface area contributed by atoms with E-state index in [1.54, 1.807) is 6.20 Å². The molecule has 2 heterocycles. The molecule has 0 bridgehead atoms. The maximum absolute atomic E-state index is 12.5. The monoisotopic (exact) mass is 314 g/mol. The Morgan fingerprint density at radius 1 is 1.26 bits per heavy atom. The maximum atomic E-state index is 12.5. The summed E-state index contributed by atoms with van der Waals surface area (Å²) in [6, 6.07) is 4.01. The van der Waals surface area contributed by atoms with E-state index in [0.717, 1.165) is 29.8 Å². The standard InChI is InChI=1S/C18H26N4O/c1-12(2)22-16(21-15-10-7-11-19-17(15)22)13(3)20-18(23)14-8-5-4-6-9-14/h7,10-14H,4-6,8-9H2,1-3H3,(H,20,23). The fraction of sp³-hybridized carbons (Fsp3) is 0.611. The maximum Gasteiger partial charge on any atom is 0.223 e. The van der Waals surface area contributed by atoms with Gasteiger partial charge < -0.3 is 9.88 Å². The highest BCUT2D eigenvalue weighted by atomic mass is 16.1. The van der Waals surface area contributed by atoms with Gasteiger partial charge in [-0.25, -0.2) is 9.97 Å². The number of aromatic nitrogens is 3. The summed E-state index contributed by atoms with van der Waals surface area (Å²) < 4.78 is 2.13. The molecule has 0 saturated heterocycles. The Hall–Kier alpha value is -1.91. The molecule has 3 rings (SSSR count). The Labute approximate surface area is 137 Å². The lowest BCUT2D eigenvalue weighted by atomic mass is 9.88. The smallest absolute Gasteiger partial charge is 0.223 e. The first kappa shape index (κ1) is 16.0. The molecule has 5 heteroatoms. The molecular weight excluding hydrogens is 288 g/mol. The first-order chi connectivity index (χ1) is 11.1. The van der Waals surface area contributed by atoms with Crippen molar-refractivity contribution in [3.05, 3.63) is 24.2 Å². The lowest BCUT2D eigenvalue weighted by Gasteiger charge is -2.24. The molecule has 2 aromatic rings. The van der Waals surface area contributed by atoms with Crippen molar-refractivity contribution >= 4 is 17.1 Å². The zero-order valence-electron chi connectivity index (χ0n) is 14.2. The Morgan fingerprint density at radius 2 is 2.00 bits per heavy atom. The van der Waals surface area contributed by atoms with Crippen LogP contribution in [0.15, 0.2) is 18.3 Å². The molecule has 0 radical (unpaired) electrons.